The van der Waals surface area contributed by atoms with E-state index in [0.29, 0.717) is 0 Å². The number of thiophene rings is 1. The number of allylic oxidation sites excluding steroid dienone is 5. The van der Waals surface area contributed by atoms with Crippen LogP contribution in [0, 0.1) is 0 Å². The van der Waals surface area contributed by atoms with Gasteiger partial charge in [-0.25, -0.2) is 0 Å². The molecule has 0 unspecified atom stereocenters. The Balaban J connectivity index is 1.43. The second-order valence-corrected chi connectivity index (χ2v) is 12.3. The quantitative estimate of drug-likeness (QED) is 0.141. The lowest BCUT2D eigenvalue weighted by Gasteiger charge is -2.19. The first-order chi connectivity index (χ1) is 21.7. The highest BCUT2D eigenvalue weighted by Crippen LogP contribution is 2.44. The summed E-state index contributed by atoms with van der Waals surface area (Å²) in [6.45, 7) is 6.13. The van der Waals surface area contributed by atoms with E-state index in [-0.39, 0.29) is 0 Å². The van der Waals surface area contributed by atoms with E-state index in [2.05, 4.69) is 159 Å². The van der Waals surface area contributed by atoms with Crippen LogP contribution in [-0.4, -0.2) is 0 Å². The maximum atomic E-state index is 4.06. The van der Waals surface area contributed by atoms with Crippen molar-refractivity contribution in [3.8, 4) is 22.3 Å². The normalized spacial score (nSPS) is 12.3. The molecular weight excluding hydrogens is 549 g/mol. The van der Waals surface area contributed by atoms with Gasteiger partial charge in [0.15, 0.2) is 0 Å². The highest BCUT2D eigenvalue weighted by Gasteiger charge is 2.18. The summed E-state index contributed by atoms with van der Waals surface area (Å²) in [6.07, 6.45) is 8.34. The zero-order chi connectivity index (χ0) is 29.6. The van der Waals surface area contributed by atoms with Gasteiger partial charge >= 0.3 is 0 Å². The number of rotatable bonds is 5. The molecule has 44 heavy (non-hydrogen) atoms. The van der Waals surface area contributed by atoms with Crippen LogP contribution in [-0.2, 0) is 0 Å². The molecule has 0 saturated carbocycles. The fraction of sp³-hybridized carbons (Fsp3) is 0.0233. The molecule has 8 rings (SSSR count). The zero-order valence-electron chi connectivity index (χ0n) is 24.5. The molecule has 0 radical (unpaired) electrons. The molecule has 7 aromatic carbocycles. The summed E-state index contributed by atoms with van der Waals surface area (Å²) in [6, 6.07) is 46.8. The Morgan fingerprint density at radius 1 is 0.568 bits per heavy atom. The minimum Gasteiger partial charge on any atom is -0.135 e. The molecule has 0 nitrogen and oxygen atoms in total. The third kappa shape index (κ3) is 4.20. The lowest BCUT2D eigenvalue weighted by Crippen LogP contribution is -1.93. The van der Waals surface area contributed by atoms with Gasteiger partial charge in [-0.15, -0.1) is 11.3 Å². The van der Waals surface area contributed by atoms with Crippen LogP contribution >= 0.6 is 11.3 Å². The SMILES string of the molecule is C=C/C=C(\C=C/C)c1c2ccccc2c(-c2ccccc2)c2ccc(-c3ccc4c(c3)sc3ccc5ccccc5c34)cc12. The molecule has 0 aliphatic heterocycles. The third-order valence-electron chi connectivity index (χ3n) is 8.71. The molecule has 0 fully saturated rings. The molecule has 0 spiro atoms. The first-order valence-corrected chi connectivity index (χ1v) is 15.9. The van der Waals surface area contributed by atoms with Crippen LogP contribution in [0.15, 0.2) is 158 Å². The molecule has 1 heteroatoms. The fourth-order valence-corrected chi connectivity index (χ4v) is 8.00. The van der Waals surface area contributed by atoms with E-state index >= 15 is 0 Å². The van der Waals surface area contributed by atoms with Crippen molar-refractivity contribution in [3.05, 3.63) is 164 Å². The van der Waals surface area contributed by atoms with Crippen LogP contribution in [0.2, 0.25) is 0 Å². The minimum atomic E-state index is 1.16. The summed E-state index contributed by atoms with van der Waals surface area (Å²) in [5.41, 5.74) is 7.35. The van der Waals surface area contributed by atoms with Crippen molar-refractivity contribution in [1.29, 1.82) is 0 Å². The van der Waals surface area contributed by atoms with Crippen LogP contribution in [0.1, 0.15) is 12.5 Å². The van der Waals surface area contributed by atoms with Crippen molar-refractivity contribution >= 4 is 69.4 Å². The van der Waals surface area contributed by atoms with Gasteiger partial charge in [-0.2, -0.15) is 0 Å². The number of benzene rings is 7. The second-order valence-electron chi connectivity index (χ2n) is 11.3. The van der Waals surface area contributed by atoms with Gasteiger partial charge in [0.1, 0.15) is 0 Å². The predicted octanol–water partition coefficient (Wildman–Crippen LogP) is 13.0. The van der Waals surface area contributed by atoms with E-state index in [1.54, 1.807) is 0 Å². The highest BCUT2D eigenvalue weighted by molar-refractivity contribution is 7.26. The van der Waals surface area contributed by atoms with Crippen molar-refractivity contribution in [2.24, 2.45) is 0 Å². The van der Waals surface area contributed by atoms with Crippen molar-refractivity contribution < 1.29 is 0 Å². The Labute approximate surface area is 261 Å². The molecule has 8 aromatic rings. The van der Waals surface area contributed by atoms with Gasteiger partial charge in [0.05, 0.1) is 0 Å². The summed E-state index contributed by atoms with van der Waals surface area (Å²) >= 11 is 1.88. The lowest BCUT2D eigenvalue weighted by molar-refractivity contribution is 1.64. The van der Waals surface area contributed by atoms with Crippen molar-refractivity contribution in [1.82, 2.24) is 0 Å². The summed E-state index contributed by atoms with van der Waals surface area (Å²) < 4.78 is 2.65. The number of hydrogen-bond acceptors (Lipinski definition) is 1. The van der Waals surface area contributed by atoms with Gasteiger partial charge in [0.25, 0.3) is 0 Å². The Morgan fingerprint density at radius 2 is 1.25 bits per heavy atom. The molecule has 0 amide bonds. The molecule has 1 heterocycles. The minimum absolute atomic E-state index is 1.16. The van der Waals surface area contributed by atoms with Crippen LogP contribution < -0.4 is 0 Å². The Hall–Kier alpha value is -5.24. The van der Waals surface area contributed by atoms with Crippen LogP contribution in [0.4, 0.5) is 0 Å². The van der Waals surface area contributed by atoms with E-state index in [0.717, 1.165) is 5.57 Å². The predicted molar refractivity (Wildman–Crippen MR) is 196 cm³/mol. The van der Waals surface area contributed by atoms with Gasteiger partial charge < -0.3 is 0 Å². The van der Waals surface area contributed by atoms with E-state index in [1.807, 2.05) is 17.4 Å². The maximum Gasteiger partial charge on any atom is 0.0361 e. The standard InChI is InChI=1S/C43H30S/c1-3-12-29(13-4-2)42-35-19-11-10-18-34(35)41(30-15-6-5-7-16-30)36-23-20-31(26-38(36)42)32-21-24-37-40(27-32)44-39-25-22-28-14-8-9-17-33(28)43(37)39/h3-27H,1H2,2H3/b13-4-,29-12+. The van der Waals surface area contributed by atoms with Crippen molar-refractivity contribution in [3.63, 3.8) is 0 Å². The monoisotopic (exact) mass is 578 g/mol. The second kappa shape index (κ2) is 10.8. The molecule has 0 aliphatic rings. The molecule has 208 valence electrons. The Kier molecular flexibility index (Phi) is 6.47. The molecule has 1 aromatic heterocycles. The smallest absolute Gasteiger partial charge is 0.0361 e. The van der Waals surface area contributed by atoms with Crippen molar-refractivity contribution in [2.45, 2.75) is 6.92 Å². The van der Waals surface area contributed by atoms with Gasteiger partial charge in [0.2, 0.25) is 0 Å². The maximum absolute atomic E-state index is 4.06. The number of fused-ring (bicyclic) bond motifs is 7. The molecule has 0 N–H and O–H groups in total. The highest BCUT2D eigenvalue weighted by atomic mass is 32.1. The summed E-state index contributed by atoms with van der Waals surface area (Å²) in [5, 5.41) is 10.3. The van der Waals surface area contributed by atoms with Crippen LogP contribution in [0.25, 0.3) is 80.3 Å². The van der Waals surface area contributed by atoms with E-state index in [4.69, 9.17) is 0 Å². The average molecular weight is 579 g/mol. The van der Waals surface area contributed by atoms with Crippen LogP contribution in [0.5, 0.6) is 0 Å². The van der Waals surface area contributed by atoms with Gasteiger partial charge in [-0.1, -0.05) is 140 Å². The topological polar surface area (TPSA) is 0 Å². The van der Waals surface area contributed by atoms with Crippen molar-refractivity contribution in [2.75, 3.05) is 0 Å². The van der Waals surface area contributed by atoms with E-state index in [9.17, 15) is 0 Å². The Morgan fingerprint density at radius 3 is 2.05 bits per heavy atom. The third-order valence-corrected chi connectivity index (χ3v) is 9.83. The summed E-state index contributed by atoms with van der Waals surface area (Å²) in [7, 11) is 0. The summed E-state index contributed by atoms with van der Waals surface area (Å²) in [5.74, 6) is 0. The first kappa shape index (κ1) is 26.4. The lowest BCUT2D eigenvalue weighted by atomic mass is 9.84. The van der Waals surface area contributed by atoms with Crippen LogP contribution in [0.3, 0.4) is 0 Å². The molecule has 0 atom stereocenters. The van der Waals surface area contributed by atoms with Gasteiger partial charge in [0, 0.05) is 20.2 Å². The molecular formula is C43H30S. The van der Waals surface area contributed by atoms with Gasteiger partial charge in [-0.05, 0) is 90.8 Å². The Bertz CT molecular complexity index is 2450. The number of hydrogen-bond donors (Lipinski definition) is 0. The van der Waals surface area contributed by atoms with E-state index < -0.39 is 0 Å². The van der Waals surface area contributed by atoms with E-state index in [1.165, 1.54) is 80.3 Å². The first-order valence-electron chi connectivity index (χ1n) is 15.1. The summed E-state index contributed by atoms with van der Waals surface area (Å²) in [4.78, 5) is 0. The zero-order valence-corrected chi connectivity index (χ0v) is 25.4. The molecule has 0 saturated heterocycles. The fourth-order valence-electron chi connectivity index (χ4n) is 6.84. The molecule has 0 bridgehead atoms. The largest absolute Gasteiger partial charge is 0.135 e. The van der Waals surface area contributed by atoms with Gasteiger partial charge in [-0.3, -0.25) is 0 Å². The molecule has 0 aliphatic carbocycles. The average Bonchev–Trinajstić information content (AvgIpc) is 3.46.